The first-order chi connectivity index (χ1) is 16.0. The maximum atomic E-state index is 10.4. The van der Waals surface area contributed by atoms with E-state index in [0.29, 0.717) is 11.8 Å². The van der Waals surface area contributed by atoms with E-state index in [1.54, 1.807) is 14.2 Å². The zero-order valence-electron chi connectivity index (χ0n) is 22.5. The maximum absolute atomic E-state index is 10.4. The number of hydrogen-bond donors (Lipinski definition) is 1. The summed E-state index contributed by atoms with van der Waals surface area (Å²) in [4.78, 5) is 2.55. The summed E-state index contributed by atoms with van der Waals surface area (Å²) in [6.45, 7) is 14.8. The average Bonchev–Trinajstić information content (AvgIpc) is 2.88. The Kier molecular flexibility index (Phi) is 12.3. The summed E-state index contributed by atoms with van der Waals surface area (Å²) in [5.74, 6) is 1.52. The zero-order valence-corrected chi connectivity index (χ0v) is 22.5. The maximum Gasteiger partial charge on any atom is 0.161 e. The summed E-state index contributed by atoms with van der Waals surface area (Å²) >= 11 is 0. The minimum Gasteiger partial charge on any atom is -0.504 e. The number of methoxy groups -OCH3 is 2. The molecule has 34 heavy (non-hydrogen) atoms. The first kappa shape index (κ1) is 29.6. The van der Waals surface area contributed by atoms with Gasteiger partial charge in [0.05, 0.1) is 14.2 Å². The van der Waals surface area contributed by atoms with Crippen molar-refractivity contribution < 1.29 is 14.6 Å². The largest absolute Gasteiger partial charge is 0.504 e. The fourth-order valence-electron chi connectivity index (χ4n) is 4.55. The molecule has 3 aromatic carbocycles. The van der Waals surface area contributed by atoms with Crippen molar-refractivity contribution in [3.8, 4) is 17.2 Å². The fourth-order valence-corrected chi connectivity index (χ4v) is 4.55. The first-order valence-corrected chi connectivity index (χ1v) is 12.6. The van der Waals surface area contributed by atoms with Crippen LogP contribution in [0.15, 0.2) is 30.3 Å². The molecular weight excluding hydrogens is 421 g/mol. The predicted octanol–water partition coefficient (Wildman–Crippen LogP) is 7.32. The van der Waals surface area contributed by atoms with E-state index in [4.69, 9.17) is 9.47 Å². The third-order valence-electron chi connectivity index (χ3n) is 6.55. The molecule has 0 spiro atoms. The predicted molar refractivity (Wildman–Crippen MR) is 148 cm³/mol. The van der Waals surface area contributed by atoms with Crippen molar-refractivity contribution in [2.75, 3.05) is 20.8 Å². The number of fused-ring (bicyclic) bond motifs is 6. The van der Waals surface area contributed by atoms with Crippen LogP contribution < -0.4 is 9.47 Å². The molecule has 4 nitrogen and oxygen atoms in total. The Balaban J connectivity index is 0.000000751. The summed E-state index contributed by atoms with van der Waals surface area (Å²) in [6, 6.07) is 10.7. The molecule has 1 N–H and O–H groups in total. The Morgan fingerprint density at radius 2 is 1.50 bits per heavy atom. The fraction of sp³-hybridized carbons (Fsp3) is 0.517. The molecule has 0 aliphatic carbocycles. The normalized spacial score (nSPS) is 14.8. The van der Waals surface area contributed by atoms with Gasteiger partial charge in [0.2, 0.25) is 0 Å². The smallest absolute Gasteiger partial charge is 0.161 e. The van der Waals surface area contributed by atoms with Crippen LogP contribution >= 0.6 is 0 Å². The van der Waals surface area contributed by atoms with Crippen LogP contribution in [0.1, 0.15) is 71.9 Å². The Labute approximate surface area is 208 Å². The van der Waals surface area contributed by atoms with Crippen molar-refractivity contribution in [2.24, 2.45) is 0 Å². The minimum absolute atomic E-state index is 0. The number of phenols is 1. The first-order valence-electron chi connectivity index (χ1n) is 12.6. The molecule has 1 heterocycles. The lowest BCUT2D eigenvalue weighted by molar-refractivity contribution is 0.178. The molecule has 1 aliphatic heterocycles. The topological polar surface area (TPSA) is 41.9 Å². The number of ether oxygens (including phenoxy) is 2. The number of likely N-dealkylation sites (N-methyl/N-ethyl adjacent to an activating group) is 1. The van der Waals surface area contributed by atoms with E-state index in [1.807, 2.05) is 32.0 Å². The van der Waals surface area contributed by atoms with Crippen molar-refractivity contribution in [3.05, 3.63) is 41.5 Å². The highest BCUT2D eigenvalue weighted by atomic mass is 16.5. The Hall–Kier alpha value is -2.40. The molecule has 3 aromatic rings. The molecule has 5 heteroatoms. The highest BCUT2D eigenvalue weighted by molar-refractivity contribution is 6.12. The van der Waals surface area contributed by atoms with Crippen LogP contribution in [0.5, 0.6) is 17.2 Å². The molecule has 185 valence electrons. The van der Waals surface area contributed by atoms with E-state index in [2.05, 4.69) is 44.7 Å². The average molecular weight is 464 g/mol. The van der Waals surface area contributed by atoms with Crippen molar-refractivity contribution in [2.45, 2.75) is 79.8 Å². The summed E-state index contributed by atoms with van der Waals surface area (Å²) in [5, 5.41) is 15.0. The van der Waals surface area contributed by atoms with Crippen LogP contribution in [0.2, 0.25) is 0 Å². The van der Waals surface area contributed by atoms with Crippen LogP contribution in [-0.2, 0) is 13.0 Å². The molecule has 1 atom stereocenters. The molecule has 0 aromatic heterocycles. The summed E-state index contributed by atoms with van der Waals surface area (Å²) < 4.78 is 10.9. The summed E-state index contributed by atoms with van der Waals surface area (Å²) in [5.41, 5.74) is 2.77. The molecular formula is C29H43BNO3. The molecule has 0 bridgehead atoms. The lowest BCUT2D eigenvalue weighted by atomic mass is 9.84. The van der Waals surface area contributed by atoms with E-state index in [-0.39, 0.29) is 14.2 Å². The third kappa shape index (κ3) is 5.99. The zero-order chi connectivity index (χ0) is 24.5. The number of benzene rings is 3. The summed E-state index contributed by atoms with van der Waals surface area (Å²) in [7, 11) is 3.29. The molecule has 0 saturated carbocycles. The standard InChI is InChI=1S/C23H27NO3.C4H10.C2H6.B/c1-5-14-9-17-16-8-7-15(26-3)10-18(16)19-11-22(25)23(27-4)12-20(19)21(17)13-24(14)6-2;1-3-4-2;1-2;/h7-8,10-12,14,25H,5-6,9,13H2,1-4H3;3-4H2,1-2H3;1-2H3;. The highest BCUT2D eigenvalue weighted by Crippen LogP contribution is 2.43. The molecule has 0 saturated heterocycles. The number of rotatable bonds is 5. The van der Waals surface area contributed by atoms with Gasteiger partial charge in [-0.3, -0.25) is 4.90 Å². The van der Waals surface area contributed by atoms with Gasteiger partial charge in [0.25, 0.3) is 0 Å². The Morgan fingerprint density at radius 1 is 0.853 bits per heavy atom. The van der Waals surface area contributed by atoms with E-state index in [1.165, 1.54) is 29.4 Å². The molecule has 3 radical (unpaired) electrons. The molecule has 0 amide bonds. The molecule has 0 fully saturated rings. The minimum atomic E-state index is 0. The van der Waals surface area contributed by atoms with Gasteiger partial charge in [-0.15, -0.1) is 0 Å². The van der Waals surface area contributed by atoms with Crippen LogP contribution in [0, 0.1) is 0 Å². The lowest BCUT2D eigenvalue weighted by Crippen LogP contribution is -2.39. The Morgan fingerprint density at radius 3 is 2.03 bits per heavy atom. The van der Waals surface area contributed by atoms with Gasteiger partial charge in [-0.2, -0.15) is 0 Å². The second-order valence-electron chi connectivity index (χ2n) is 8.27. The third-order valence-corrected chi connectivity index (χ3v) is 6.55. The van der Waals surface area contributed by atoms with Crippen molar-refractivity contribution in [1.29, 1.82) is 0 Å². The van der Waals surface area contributed by atoms with Crippen LogP contribution in [0.4, 0.5) is 0 Å². The molecule has 1 aliphatic rings. The quantitative estimate of drug-likeness (QED) is 0.317. The molecule has 4 rings (SSSR count). The lowest BCUT2D eigenvalue weighted by Gasteiger charge is -2.37. The number of unbranched alkanes of at least 4 members (excludes halogenated alkanes) is 1. The highest BCUT2D eigenvalue weighted by Gasteiger charge is 2.28. The second kappa shape index (κ2) is 14.1. The van der Waals surface area contributed by atoms with Crippen molar-refractivity contribution >= 4 is 30.0 Å². The number of nitrogens with zero attached hydrogens (tertiary/aromatic N) is 1. The van der Waals surface area contributed by atoms with Gasteiger partial charge in [-0.1, -0.05) is 60.5 Å². The number of phenolic OH excluding ortho intramolecular Hbond substituents is 1. The van der Waals surface area contributed by atoms with Gasteiger partial charge in [0.15, 0.2) is 11.5 Å². The van der Waals surface area contributed by atoms with Gasteiger partial charge in [-0.05, 0) is 76.3 Å². The van der Waals surface area contributed by atoms with E-state index in [0.717, 1.165) is 47.8 Å². The van der Waals surface area contributed by atoms with Crippen molar-refractivity contribution in [3.63, 3.8) is 0 Å². The number of hydrogen-bond acceptors (Lipinski definition) is 4. The van der Waals surface area contributed by atoms with Gasteiger partial charge in [-0.25, -0.2) is 0 Å². The van der Waals surface area contributed by atoms with Crippen LogP contribution in [0.3, 0.4) is 0 Å². The SMILES string of the molecule is CC.CCC1Cc2c(c3cc(OC)c(O)cc3c3cc(OC)ccc23)CN1CC.CCCC.[B]. The number of aromatic hydroxyl groups is 1. The van der Waals surface area contributed by atoms with Gasteiger partial charge >= 0.3 is 0 Å². The van der Waals surface area contributed by atoms with Crippen LogP contribution in [-0.4, -0.2) is 45.2 Å². The van der Waals surface area contributed by atoms with E-state index < -0.39 is 0 Å². The van der Waals surface area contributed by atoms with E-state index in [9.17, 15) is 5.11 Å². The summed E-state index contributed by atoms with van der Waals surface area (Å²) in [6.07, 6.45) is 4.82. The monoisotopic (exact) mass is 464 g/mol. The van der Waals surface area contributed by atoms with Crippen LogP contribution in [0.25, 0.3) is 21.5 Å². The van der Waals surface area contributed by atoms with E-state index >= 15 is 0 Å². The van der Waals surface area contributed by atoms with Gasteiger partial charge in [0, 0.05) is 21.0 Å². The second-order valence-corrected chi connectivity index (χ2v) is 8.27. The molecule has 1 unspecified atom stereocenters. The van der Waals surface area contributed by atoms with Crippen molar-refractivity contribution in [1.82, 2.24) is 4.90 Å². The van der Waals surface area contributed by atoms with Gasteiger partial charge < -0.3 is 14.6 Å². The van der Waals surface area contributed by atoms with Gasteiger partial charge in [0.1, 0.15) is 5.75 Å². The Bertz CT molecular complexity index is 1050.